The smallest absolute Gasteiger partial charge is 0.229 e. The number of ether oxygens (including phenoxy) is 1. The average molecular weight is 371 g/mol. The molecule has 1 aromatic carbocycles. The number of rotatable bonds is 5. The van der Waals surface area contributed by atoms with E-state index in [0.29, 0.717) is 11.8 Å². The first-order valence-corrected chi connectivity index (χ1v) is 9.59. The Bertz CT molecular complexity index is 894. The fraction of sp³-hybridized carbons (Fsp3) is 0.444. The van der Waals surface area contributed by atoms with E-state index in [1.807, 2.05) is 18.2 Å². The molecule has 1 saturated heterocycles. The highest BCUT2D eigenvalue weighted by atomic mass is 32.2. The van der Waals surface area contributed by atoms with Crippen LogP contribution in [-0.4, -0.2) is 51.4 Å². The van der Waals surface area contributed by atoms with Crippen LogP contribution in [0.1, 0.15) is 29.8 Å². The highest BCUT2D eigenvalue weighted by Gasteiger charge is 2.19. The topological polar surface area (TPSA) is 77.2 Å². The van der Waals surface area contributed by atoms with Gasteiger partial charge in [-0.15, -0.1) is 10.2 Å². The lowest BCUT2D eigenvalue weighted by Crippen LogP contribution is -2.36. The summed E-state index contributed by atoms with van der Waals surface area (Å²) in [6.45, 7) is 7.94. The minimum atomic E-state index is 0.0192. The van der Waals surface area contributed by atoms with E-state index in [2.05, 4.69) is 28.1 Å². The molecule has 1 unspecified atom stereocenters. The summed E-state index contributed by atoms with van der Waals surface area (Å²) in [6.07, 6.45) is 0. The van der Waals surface area contributed by atoms with E-state index < -0.39 is 0 Å². The maximum Gasteiger partial charge on any atom is 0.229 e. The average Bonchev–Trinajstić information content (AvgIpc) is 3.09. The molecular weight excluding hydrogens is 350 g/mol. The van der Waals surface area contributed by atoms with Crippen LogP contribution in [0.2, 0.25) is 0 Å². The fourth-order valence-electron chi connectivity index (χ4n) is 2.91. The largest absolute Gasteiger partial charge is 0.424 e. The quantitative estimate of drug-likeness (QED) is 0.500. The molecule has 1 atom stereocenters. The molecule has 0 radical (unpaired) electrons. The van der Waals surface area contributed by atoms with Crippen LogP contribution in [0.5, 0.6) is 0 Å². The Hall–Kier alpha value is -2.03. The minimum Gasteiger partial charge on any atom is -0.424 e. The number of thioether (sulfide) groups is 1. The third kappa shape index (κ3) is 3.87. The standard InChI is InChI=1S/C18H21N5O2S/c1-12(17-22-21-13(2)25-17)26-18-14-5-3-4-6-15(14)19-16(20-18)11-23-7-9-24-10-8-23/h3-6,12H,7-11H2,1-2H3. The van der Waals surface area contributed by atoms with Crippen LogP contribution in [0.15, 0.2) is 33.7 Å². The van der Waals surface area contributed by atoms with E-state index >= 15 is 0 Å². The predicted molar refractivity (Wildman–Crippen MR) is 98.9 cm³/mol. The SMILES string of the molecule is Cc1nnc(C(C)Sc2nc(CN3CCOCC3)nc3ccccc23)o1. The van der Waals surface area contributed by atoms with Crippen molar-refractivity contribution in [1.29, 1.82) is 0 Å². The van der Waals surface area contributed by atoms with Crippen LogP contribution in [0.4, 0.5) is 0 Å². The number of nitrogens with zero attached hydrogens (tertiary/aromatic N) is 5. The van der Waals surface area contributed by atoms with Crippen molar-refractivity contribution in [1.82, 2.24) is 25.1 Å². The highest BCUT2D eigenvalue weighted by molar-refractivity contribution is 7.99. The number of benzene rings is 1. The van der Waals surface area contributed by atoms with Gasteiger partial charge in [-0.3, -0.25) is 4.90 Å². The van der Waals surface area contributed by atoms with Crippen LogP contribution in [0, 0.1) is 6.92 Å². The molecule has 2 aromatic heterocycles. The second-order valence-corrected chi connectivity index (χ2v) is 7.60. The first-order valence-electron chi connectivity index (χ1n) is 8.71. The Morgan fingerprint density at radius 3 is 2.73 bits per heavy atom. The molecule has 0 spiro atoms. The number of fused-ring (bicyclic) bond motifs is 1. The Morgan fingerprint density at radius 2 is 1.96 bits per heavy atom. The second-order valence-electron chi connectivity index (χ2n) is 6.27. The molecule has 1 aliphatic rings. The van der Waals surface area contributed by atoms with Crippen molar-refractivity contribution in [3.8, 4) is 0 Å². The summed E-state index contributed by atoms with van der Waals surface area (Å²) < 4.78 is 11.0. The van der Waals surface area contributed by atoms with Gasteiger partial charge in [0.05, 0.1) is 30.5 Å². The molecule has 7 nitrogen and oxygen atoms in total. The lowest BCUT2D eigenvalue weighted by molar-refractivity contribution is 0.0330. The third-order valence-electron chi connectivity index (χ3n) is 4.26. The van der Waals surface area contributed by atoms with Crippen LogP contribution in [-0.2, 0) is 11.3 Å². The fourth-order valence-corrected chi connectivity index (χ4v) is 3.90. The lowest BCUT2D eigenvalue weighted by Gasteiger charge is -2.26. The van der Waals surface area contributed by atoms with Gasteiger partial charge in [-0.2, -0.15) is 0 Å². The van der Waals surface area contributed by atoms with Gasteiger partial charge in [0.2, 0.25) is 11.8 Å². The van der Waals surface area contributed by atoms with Crippen LogP contribution >= 0.6 is 11.8 Å². The highest BCUT2D eigenvalue weighted by Crippen LogP contribution is 2.36. The van der Waals surface area contributed by atoms with Crippen molar-refractivity contribution in [3.05, 3.63) is 41.9 Å². The van der Waals surface area contributed by atoms with E-state index in [1.165, 1.54) is 0 Å². The van der Waals surface area contributed by atoms with Crippen molar-refractivity contribution < 1.29 is 9.15 Å². The molecule has 1 aliphatic heterocycles. The minimum absolute atomic E-state index is 0.0192. The van der Waals surface area contributed by atoms with Gasteiger partial charge in [-0.05, 0) is 13.0 Å². The van der Waals surface area contributed by atoms with E-state index in [9.17, 15) is 0 Å². The van der Waals surface area contributed by atoms with Gasteiger partial charge in [0, 0.05) is 25.4 Å². The Balaban J connectivity index is 1.63. The van der Waals surface area contributed by atoms with E-state index in [-0.39, 0.29) is 5.25 Å². The molecular formula is C18H21N5O2S. The number of para-hydroxylation sites is 1. The molecule has 8 heteroatoms. The molecule has 0 saturated carbocycles. The van der Waals surface area contributed by atoms with Gasteiger partial charge >= 0.3 is 0 Å². The zero-order valence-electron chi connectivity index (χ0n) is 14.9. The number of morpholine rings is 1. The Labute approximate surface area is 156 Å². The summed E-state index contributed by atoms with van der Waals surface area (Å²) in [4.78, 5) is 11.9. The van der Waals surface area contributed by atoms with Gasteiger partial charge in [-0.1, -0.05) is 30.0 Å². The number of aryl methyl sites for hydroxylation is 1. The maximum absolute atomic E-state index is 5.57. The zero-order chi connectivity index (χ0) is 17.9. The van der Waals surface area contributed by atoms with Crippen LogP contribution < -0.4 is 0 Å². The second kappa shape index (κ2) is 7.69. The Kier molecular flexibility index (Phi) is 5.14. The van der Waals surface area contributed by atoms with Gasteiger partial charge in [0.1, 0.15) is 10.9 Å². The lowest BCUT2D eigenvalue weighted by atomic mass is 10.2. The van der Waals surface area contributed by atoms with Crippen LogP contribution in [0.25, 0.3) is 10.9 Å². The summed E-state index contributed by atoms with van der Waals surface area (Å²) in [6, 6.07) is 8.11. The molecule has 4 rings (SSSR count). The Morgan fingerprint density at radius 1 is 1.15 bits per heavy atom. The van der Waals surface area contributed by atoms with Gasteiger partial charge in [0.25, 0.3) is 0 Å². The normalized spacial score (nSPS) is 16.8. The molecule has 136 valence electrons. The first-order chi connectivity index (χ1) is 12.7. The summed E-state index contributed by atoms with van der Waals surface area (Å²) in [5.41, 5.74) is 0.960. The number of hydrogen-bond donors (Lipinski definition) is 0. The zero-order valence-corrected chi connectivity index (χ0v) is 15.7. The van der Waals surface area contributed by atoms with Gasteiger partial charge < -0.3 is 9.15 Å². The van der Waals surface area contributed by atoms with Crippen molar-refractivity contribution in [2.45, 2.75) is 30.7 Å². The molecule has 3 aromatic rings. The van der Waals surface area contributed by atoms with E-state index in [1.54, 1.807) is 18.7 Å². The maximum atomic E-state index is 5.57. The summed E-state index contributed by atoms with van der Waals surface area (Å²) in [7, 11) is 0. The van der Waals surface area contributed by atoms with Crippen molar-refractivity contribution in [2.75, 3.05) is 26.3 Å². The summed E-state index contributed by atoms with van der Waals surface area (Å²) in [5.74, 6) is 2.03. The molecule has 1 fully saturated rings. The van der Waals surface area contributed by atoms with Crippen LogP contribution in [0.3, 0.4) is 0 Å². The number of aromatic nitrogens is 4. The van der Waals surface area contributed by atoms with Crippen molar-refractivity contribution >= 4 is 22.7 Å². The van der Waals surface area contributed by atoms with E-state index in [4.69, 9.17) is 19.1 Å². The molecule has 3 heterocycles. The third-order valence-corrected chi connectivity index (χ3v) is 5.35. The predicted octanol–water partition coefficient (Wildman–Crippen LogP) is 3.01. The molecule has 0 aliphatic carbocycles. The molecule has 0 amide bonds. The first kappa shape index (κ1) is 17.4. The van der Waals surface area contributed by atoms with Gasteiger partial charge in [-0.25, -0.2) is 9.97 Å². The molecule has 0 bridgehead atoms. The summed E-state index contributed by atoms with van der Waals surface area (Å²) in [5, 5.41) is 10.1. The van der Waals surface area contributed by atoms with Crippen molar-refractivity contribution in [3.63, 3.8) is 0 Å². The molecule has 0 N–H and O–H groups in total. The summed E-state index contributed by atoms with van der Waals surface area (Å²) >= 11 is 1.63. The van der Waals surface area contributed by atoms with Crippen molar-refractivity contribution in [2.24, 2.45) is 0 Å². The van der Waals surface area contributed by atoms with E-state index in [0.717, 1.165) is 54.6 Å². The van der Waals surface area contributed by atoms with Gasteiger partial charge in [0.15, 0.2) is 0 Å². The number of hydrogen-bond acceptors (Lipinski definition) is 8. The molecule has 26 heavy (non-hydrogen) atoms. The monoisotopic (exact) mass is 371 g/mol.